The summed E-state index contributed by atoms with van der Waals surface area (Å²) in [6.07, 6.45) is 0.742. The van der Waals surface area contributed by atoms with Crippen molar-refractivity contribution in [3.63, 3.8) is 0 Å². The fraction of sp³-hybridized carbons (Fsp3) is 0.333. The number of halogens is 2. The third-order valence-electron chi connectivity index (χ3n) is 3.20. The van der Waals surface area contributed by atoms with Crippen LogP contribution < -0.4 is 5.32 Å². The Hall–Kier alpha value is -1.88. The van der Waals surface area contributed by atoms with Gasteiger partial charge in [0.15, 0.2) is 0 Å². The van der Waals surface area contributed by atoms with Gasteiger partial charge in [0.1, 0.15) is 5.82 Å². The minimum atomic E-state index is -0.562. The molecule has 0 fully saturated rings. The molecule has 0 aliphatic carbocycles. The minimum Gasteiger partial charge on any atom is -0.305 e. The van der Waals surface area contributed by atoms with Crippen molar-refractivity contribution in [3.05, 3.63) is 34.1 Å². The number of allylic oxidation sites excluding steroid dienone is 1. The van der Waals surface area contributed by atoms with Crippen LogP contribution in [-0.4, -0.2) is 16.8 Å². The predicted molar refractivity (Wildman–Crippen MR) is 83.9 cm³/mol. The zero-order chi connectivity index (χ0) is 15.7. The molecule has 0 unspecified atom stereocenters. The molecule has 0 aromatic heterocycles. The summed E-state index contributed by atoms with van der Waals surface area (Å²) in [5, 5.41) is 8.23. The highest BCUT2D eigenvalue weighted by Gasteiger charge is 2.30. The highest BCUT2D eigenvalue weighted by atomic mass is 35.5. The Morgan fingerprint density at radius 1 is 1.38 bits per heavy atom. The quantitative estimate of drug-likeness (QED) is 0.779. The van der Waals surface area contributed by atoms with Crippen molar-refractivity contribution in [2.75, 3.05) is 5.32 Å². The first-order chi connectivity index (χ1) is 9.85. The lowest BCUT2D eigenvalue weighted by Gasteiger charge is -2.30. The largest absolute Gasteiger partial charge is 0.347 e. The van der Waals surface area contributed by atoms with Gasteiger partial charge < -0.3 is 5.32 Å². The number of amides is 2. The monoisotopic (exact) mass is 309 g/mol. The molecule has 1 aliphatic rings. The molecule has 2 amide bonds. The van der Waals surface area contributed by atoms with Gasteiger partial charge in [0.2, 0.25) is 0 Å². The summed E-state index contributed by atoms with van der Waals surface area (Å²) in [7, 11) is 0. The first kappa shape index (κ1) is 15.5. The van der Waals surface area contributed by atoms with E-state index in [1.165, 1.54) is 17.1 Å². The second-order valence-electron chi connectivity index (χ2n) is 5.08. The number of benzene rings is 1. The molecule has 0 saturated heterocycles. The molecule has 1 aromatic rings. The second kappa shape index (κ2) is 5.85. The summed E-state index contributed by atoms with van der Waals surface area (Å²) < 4.78 is 13.6. The van der Waals surface area contributed by atoms with E-state index in [2.05, 4.69) is 10.4 Å². The van der Waals surface area contributed by atoms with E-state index in [0.29, 0.717) is 16.9 Å². The number of hydrogen-bond acceptors (Lipinski definition) is 2. The number of carbonyl (C=O) groups is 1. The predicted octanol–water partition coefficient (Wildman–Crippen LogP) is 4.86. The maximum Gasteiger partial charge on any atom is 0.347 e. The van der Waals surface area contributed by atoms with Crippen LogP contribution in [0.15, 0.2) is 22.8 Å². The average molecular weight is 310 g/mol. The maximum absolute atomic E-state index is 13.6. The van der Waals surface area contributed by atoms with Crippen LogP contribution in [0.5, 0.6) is 0 Å². The van der Waals surface area contributed by atoms with Crippen molar-refractivity contribution >= 4 is 34.7 Å². The Kier molecular flexibility index (Phi) is 4.32. The van der Waals surface area contributed by atoms with E-state index in [0.717, 1.165) is 17.7 Å². The topological polar surface area (TPSA) is 44.7 Å². The van der Waals surface area contributed by atoms with Gasteiger partial charge >= 0.3 is 6.03 Å². The molecule has 21 heavy (non-hydrogen) atoms. The van der Waals surface area contributed by atoms with Gasteiger partial charge in [-0.2, -0.15) is 10.1 Å². The number of urea groups is 1. The Bertz CT molecular complexity index is 663. The lowest BCUT2D eigenvalue weighted by atomic mass is 10.0. The van der Waals surface area contributed by atoms with Crippen molar-refractivity contribution in [1.29, 1.82) is 0 Å². The first-order valence-electron chi connectivity index (χ1n) is 6.67. The van der Waals surface area contributed by atoms with E-state index in [-0.39, 0.29) is 5.02 Å². The smallest absolute Gasteiger partial charge is 0.305 e. The van der Waals surface area contributed by atoms with Crippen LogP contribution in [0.2, 0.25) is 5.02 Å². The molecule has 0 saturated carbocycles. The van der Waals surface area contributed by atoms with Crippen LogP contribution in [0.1, 0.15) is 39.7 Å². The summed E-state index contributed by atoms with van der Waals surface area (Å²) >= 11 is 5.88. The molecule has 4 nitrogen and oxygen atoms in total. The average Bonchev–Trinajstić information content (AvgIpc) is 2.41. The van der Waals surface area contributed by atoms with Crippen molar-refractivity contribution in [1.82, 2.24) is 5.01 Å². The number of hydrazone groups is 1. The van der Waals surface area contributed by atoms with E-state index in [9.17, 15) is 9.18 Å². The fourth-order valence-electron chi connectivity index (χ4n) is 2.10. The zero-order valence-corrected chi connectivity index (χ0v) is 13.2. The van der Waals surface area contributed by atoms with Gasteiger partial charge in [-0.3, -0.25) is 0 Å². The summed E-state index contributed by atoms with van der Waals surface area (Å²) in [5.74, 6) is -0.562. The van der Waals surface area contributed by atoms with E-state index in [1.807, 2.05) is 13.8 Å². The highest BCUT2D eigenvalue weighted by Crippen LogP contribution is 2.38. The Morgan fingerprint density at radius 2 is 2.05 bits per heavy atom. The molecular weight excluding hydrogens is 293 g/mol. The molecule has 1 aliphatic heterocycles. The summed E-state index contributed by atoms with van der Waals surface area (Å²) in [4.78, 5) is 12.2. The van der Waals surface area contributed by atoms with Gasteiger partial charge in [-0.15, -0.1) is 0 Å². The van der Waals surface area contributed by atoms with Crippen LogP contribution in [-0.2, 0) is 0 Å². The lowest BCUT2D eigenvalue weighted by molar-refractivity contribution is 0.231. The van der Waals surface area contributed by atoms with Crippen molar-refractivity contribution < 1.29 is 9.18 Å². The van der Waals surface area contributed by atoms with Crippen molar-refractivity contribution in [2.24, 2.45) is 5.10 Å². The maximum atomic E-state index is 13.6. The molecule has 1 N–H and O–H groups in total. The molecule has 0 radical (unpaired) electrons. The SMILES string of the molecule is CCC(C)=C1c2cc(Cl)c(F)cc2NC(=O)N1N=C(C)C. The molecule has 1 heterocycles. The minimum absolute atomic E-state index is 0.0171. The Labute approximate surface area is 128 Å². The lowest BCUT2D eigenvalue weighted by Crippen LogP contribution is -2.35. The molecule has 6 heteroatoms. The van der Waals surface area contributed by atoms with Crippen LogP contribution >= 0.6 is 11.6 Å². The number of fused-ring (bicyclic) bond motifs is 1. The van der Waals surface area contributed by atoms with E-state index >= 15 is 0 Å². The molecule has 1 aromatic carbocycles. The fourth-order valence-corrected chi connectivity index (χ4v) is 2.27. The second-order valence-corrected chi connectivity index (χ2v) is 5.49. The first-order valence-corrected chi connectivity index (χ1v) is 7.05. The van der Waals surface area contributed by atoms with Gasteiger partial charge in [0, 0.05) is 11.3 Å². The van der Waals surface area contributed by atoms with Crippen LogP contribution in [0.3, 0.4) is 0 Å². The standard InChI is InChI=1S/C15H17ClFN3O/c1-5-9(4)14-10-6-11(16)12(17)7-13(10)18-15(21)20(14)19-8(2)3/h6-7H,5H2,1-4H3,(H,18,21). The van der Waals surface area contributed by atoms with E-state index < -0.39 is 11.8 Å². The van der Waals surface area contributed by atoms with E-state index in [4.69, 9.17) is 11.6 Å². The normalized spacial score (nSPS) is 16.3. The molecule has 0 atom stereocenters. The molecule has 0 bridgehead atoms. The van der Waals surface area contributed by atoms with Gasteiger partial charge in [-0.25, -0.2) is 9.18 Å². The van der Waals surface area contributed by atoms with Gasteiger partial charge in [0.25, 0.3) is 0 Å². The molecule has 0 spiro atoms. The number of nitrogens with zero attached hydrogens (tertiary/aromatic N) is 2. The highest BCUT2D eigenvalue weighted by molar-refractivity contribution is 6.31. The zero-order valence-electron chi connectivity index (χ0n) is 12.4. The molecular formula is C15H17ClFN3O. The van der Waals surface area contributed by atoms with Crippen LogP contribution in [0.4, 0.5) is 14.9 Å². The number of carbonyl (C=O) groups excluding carboxylic acids is 1. The third-order valence-corrected chi connectivity index (χ3v) is 3.49. The van der Waals surface area contributed by atoms with Crippen LogP contribution in [0, 0.1) is 5.82 Å². The number of nitrogens with one attached hydrogen (secondary N) is 1. The molecule has 112 valence electrons. The summed E-state index contributed by atoms with van der Waals surface area (Å²) in [5.41, 5.74) is 3.44. The Balaban J connectivity index is 2.72. The van der Waals surface area contributed by atoms with Gasteiger partial charge in [0.05, 0.1) is 16.4 Å². The summed E-state index contributed by atoms with van der Waals surface area (Å²) in [6, 6.07) is 2.35. The van der Waals surface area contributed by atoms with Crippen LogP contribution in [0.25, 0.3) is 5.70 Å². The van der Waals surface area contributed by atoms with Crippen molar-refractivity contribution in [2.45, 2.75) is 34.1 Å². The van der Waals surface area contributed by atoms with Gasteiger partial charge in [-0.1, -0.05) is 18.5 Å². The van der Waals surface area contributed by atoms with Crippen molar-refractivity contribution in [3.8, 4) is 0 Å². The number of anilines is 1. The number of rotatable bonds is 2. The number of hydrogen-bond donors (Lipinski definition) is 1. The van der Waals surface area contributed by atoms with E-state index in [1.54, 1.807) is 13.8 Å². The Morgan fingerprint density at radius 3 is 2.62 bits per heavy atom. The molecule has 2 rings (SSSR count). The third kappa shape index (κ3) is 2.93. The van der Waals surface area contributed by atoms with Gasteiger partial charge in [-0.05, 0) is 44.9 Å². The summed E-state index contributed by atoms with van der Waals surface area (Å²) in [6.45, 7) is 7.52.